The minimum absolute atomic E-state index is 0.0367. The summed E-state index contributed by atoms with van der Waals surface area (Å²) in [4.78, 5) is 12.9. The number of nitriles is 1. The summed E-state index contributed by atoms with van der Waals surface area (Å²) in [5.41, 5.74) is 0.621. The SMILES string of the molecule is CC1(C)CC[C@]2(C(=O)O)CC[C@]3(C)C(=CCC4[C@@]5(C)CC[C@@H]6[C@H]([C@@H]7OC(C#N)[C@@H](O)C(O)C7O)O[C@@]6(C)C5CC[C@]43C)C2C1. The van der Waals surface area contributed by atoms with Gasteiger partial charge in [0.2, 0.25) is 0 Å². The Hall–Kier alpha value is -1.50. The molecule has 8 heteroatoms. The smallest absolute Gasteiger partial charge is 0.310 e. The fraction of sp³-hybridized carbons (Fsp3) is 0.889. The number of carboxylic acids is 1. The van der Waals surface area contributed by atoms with Gasteiger partial charge in [-0.3, -0.25) is 4.79 Å². The second-order valence-electron chi connectivity index (χ2n) is 17.7. The number of aliphatic hydroxyl groups excluding tert-OH is 3. The van der Waals surface area contributed by atoms with Crippen molar-refractivity contribution in [2.45, 2.75) is 148 Å². The number of fused-ring (bicyclic) bond motifs is 9. The quantitative estimate of drug-likeness (QED) is 0.320. The van der Waals surface area contributed by atoms with Crippen molar-refractivity contribution in [3.8, 4) is 6.07 Å². The van der Waals surface area contributed by atoms with Crippen LogP contribution < -0.4 is 0 Å². The summed E-state index contributed by atoms with van der Waals surface area (Å²) < 4.78 is 12.6. The summed E-state index contributed by atoms with van der Waals surface area (Å²) in [6.07, 6.45) is 5.20. The van der Waals surface area contributed by atoms with E-state index in [-0.39, 0.29) is 33.5 Å². The van der Waals surface area contributed by atoms with E-state index in [0.29, 0.717) is 11.8 Å². The summed E-state index contributed by atoms with van der Waals surface area (Å²) in [5, 5.41) is 51.6. The molecule has 6 unspecified atom stereocenters. The Morgan fingerprint density at radius 3 is 2.27 bits per heavy atom. The highest BCUT2D eigenvalue weighted by Crippen LogP contribution is 2.76. The number of carboxylic acid groups (broad SMARTS) is 1. The molecule has 2 aliphatic heterocycles. The van der Waals surface area contributed by atoms with Gasteiger partial charge < -0.3 is 29.9 Å². The first-order valence-electron chi connectivity index (χ1n) is 17.2. The van der Waals surface area contributed by atoms with E-state index in [1.807, 2.05) is 6.07 Å². The van der Waals surface area contributed by atoms with Crippen LogP contribution in [0.4, 0.5) is 0 Å². The molecule has 8 nitrogen and oxygen atoms in total. The molecule has 0 amide bonds. The van der Waals surface area contributed by atoms with Crippen molar-refractivity contribution in [1.82, 2.24) is 0 Å². The molecular weight excluding hydrogens is 558 g/mol. The van der Waals surface area contributed by atoms with E-state index in [9.17, 15) is 30.5 Å². The van der Waals surface area contributed by atoms with Crippen molar-refractivity contribution < 1.29 is 34.7 Å². The molecule has 0 radical (unpaired) electrons. The maximum atomic E-state index is 12.9. The maximum Gasteiger partial charge on any atom is 0.310 e. The van der Waals surface area contributed by atoms with Gasteiger partial charge in [0, 0.05) is 5.92 Å². The average Bonchev–Trinajstić information content (AvgIpc) is 2.94. The molecule has 7 aliphatic rings. The second-order valence-corrected chi connectivity index (χ2v) is 17.7. The molecule has 6 fully saturated rings. The molecule has 0 aromatic rings. The lowest BCUT2D eigenvalue weighted by Gasteiger charge is -2.74. The Balaban J connectivity index is 1.18. The standard InChI is InChI=1S/C36H53NO7/c1-31(2)13-15-36(30(41)42)16-14-33(4)19(21(36)17-31)7-8-23-32(3)11-9-20-28(29-27(40)26(39)25(38)22(18-37)43-29)44-35(20,6)24(32)10-12-34(23,33)5/h7,20-29,38-40H,8-17H2,1-6H3,(H,41,42)/t20-,21?,22?,23?,24?,25-,26?,27?,28-,29-,32-,33-,34-,35-,36+/m1/s1. The van der Waals surface area contributed by atoms with E-state index in [1.54, 1.807) is 0 Å². The molecule has 15 atom stereocenters. The predicted octanol–water partition coefficient (Wildman–Crippen LogP) is 4.99. The number of nitrogens with zero attached hydrogens (tertiary/aromatic N) is 1. The molecule has 2 heterocycles. The van der Waals surface area contributed by atoms with E-state index in [0.717, 1.165) is 64.2 Å². The van der Waals surface area contributed by atoms with Gasteiger partial charge in [0.1, 0.15) is 24.4 Å². The number of hydrogen-bond acceptors (Lipinski definition) is 7. The van der Waals surface area contributed by atoms with E-state index in [4.69, 9.17) is 9.47 Å². The molecule has 0 aromatic heterocycles. The van der Waals surface area contributed by atoms with E-state index in [2.05, 4.69) is 47.6 Å². The highest BCUT2D eigenvalue weighted by Gasteiger charge is 2.73. The van der Waals surface area contributed by atoms with Crippen molar-refractivity contribution in [3.63, 3.8) is 0 Å². The van der Waals surface area contributed by atoms with Crippen molar-refractivity contribution in [3.05, 3.63) is 11.6 Å². The molecule has 0 spiro atoms. The van der Waals surface area contributed by atoms with E-state index >= 15 is 0 Å². The molecule has 0 bridgehead atoms. The molecule has 5 aliphatic carbocycles. The molecule has 2 saturated heterocycles. The van der Waals surface area contributed by atoms with Gasteiger partial charge in [-0.05, 0) is 111 Å². The molecule has 0 aromatic carbocycles. The van der Waals surface area contributed by atoms with Gasteiger partial charge in [0.05, 0.1) is 23.2 Å². The summed E-state index contributed by atoms with van der Waals surface area (Å²) in [6.45, 7) is 14.3. The number of carbonyl (C=O) groups is 1. The van der Waals surface area contributed by atoms with Gasteiger partial charge in [-0.2, -0.15) is 5.26 Å². The van der Waals surface area contributed by atoms with Crippen LogP contribution in [0.1, 0.15) is 106 Å². The van der Waals surface area contributed by atoms with Crippen molar-refractivity contribution in [1.29, 1.82) is 5.26 Å². The lowest BCUT2D eigenvalue weighted by atomic mass is 9.33. The number of ether oxygens (including phenoxy) is 2. The summed E-state index contributed by atoms with van der Waals surface area (Å²) in [7, 11) is 0. The zero-order chi connectivity index (χ0) is 31.8. The predicted molar refractivity (Wildman–Crippen MR) is 162 cm³/mol. The topological polar surface area (TPSA) is 140 Å². The zero-order valence-electron chi connectivity index (χ0n) is 27.4. The van der Waals surface area contributed by atoms with Gasteiger partial charge in [0.15, 0.2) is 6.10 Å². The Kier molecular flexibility index (Phi) is 6.74. The van der Waals surface area contributed by atoms with Gasteiger partial charge in [-0.25, -0.2) is 0 Å². The van der Waals surface area contributed by atoms with Crippen LogP contribution in [-0.4, -0.2) is 68.6 Å². The van der Waals surface area contributed by atoms with Gasteiger partial charge >= 0.3 is 5.97 Å². The van der Waals surface area contributed by atoms with Crippen LogP contribution in [0.5, 0.6) is 0 Å². The Labute approximate surface area is 262 Å². The van der Waals surface area contributed by atoms with Crippen LogP contribution in [0, 0.1) is 62.1 Å². The zero-order valence-corrected chi connectivity index (χ0v) is 27.4. The van der Waals surface area contributed by atoms with E-state index in [1.165, 1.54) is 5.57 Å². The van der Waals surface area contributed by atoms with Crippen LogP contribution >= 0.6 is 0 Å². The number of allylic oxidation sites excluding steroid dienone is 2. The molecular formula is C36H53NO7. The van der Waals surface area contributed by atoms with Crippen LogP contribution in [0.3, 0.4) is 0 Å². The third kappa shape index (κ3) is 3.71. The third-order valence-corrected chi connectivity index (χ3v) is 15.6. The van der Waals surface area contributed by atoms with Gasteiger partial charge in [-0.15, -0.1) is 0 Å². The molecule has 244 valence electrons. The van der Waals surface area contributed by atoms with Crippen LogP contribution in [0.2, 0.25) is 0 Å². The van der Waals surface area contributed by atoms with Crippen molar-refractivity contribution in [2.75, 3.05) is 0 Å². The van der Waals surface area contributed by atoms with Gasteiger partial charge in [-0.1, -0.05) is 46.3 Å². The van der Waals surface area contributed by atoms with Crippen molar-refractivity contribution >= 4 is 5.97 Å². The lowest BCUT2D eigenvalue weighted by molar-refractivity contribution is -0.371. The Bertz CT molecular complexity index is 1310. The fourth-order valence-electron chi connectivity index (χ4n) is 12.8. The number of hydrogen-bond donors (Lipinski definition) is 4. The first-order valence-corrected chi connectivity index (χ1v) is 17.2. The van der Waals surface area contributed by atoms with Crippen molar-refractivity contribution in [2.24, 2.45) is 50.7 Å². The number of aliphatic carboxylic acids is 1. The minimum atomic E-state index is -1.45. The minimum Gasteiger partial charge on any atom is -0.481 e. The average molecular weight is 612 g/mol. The normalized spacial score (nSPS) is 57.5. The summed E-state index contributed by atoms with van der Waals surface area (Å²) >= 11 is 0. The molecule has 44 heavy (non-hydrogen) atoms. The molecule has 4 N–H and O–H groups in total. The monoisotopic (exact) mass is 611 g/mol. The number of aliphatic hydroxyl groups is 3. The van der Waals surface area contributed by atoms with Crippen LogP contribution in [0.15, 0.2) is 11.6 Å². The van der Waals surface area contributed by atoms with Crippen LogP contribution in [-0.2, 0) is 14.3 Å². The Morgan fingerprint density at radius 1 is 0.886 bits per heavy atom. The fourth-order valence-corrected chi connectivity index (χ4v) is 12.8. The summed E-state index contributed by atoms with van der Waals surface area (Å²) in [6, 6.07) is 1.93. The van der Waals surface area contributed by atoms with E-state index < -0.39 is 53.6 Å². The third-order valence-electron chi connectivity index (χ3n) is 15.6. The first-order chi connectivity index (χ1) is 20.5. The highest BCUT2D eigenvalue weighted by atomic mass is 16.6. The maximum absolute atomic E-state index is 12.9. The van der Waals surface area contributed by atoms with Crippen LogP contribution in [0.25, 0.3) is 0 Å². The molecule has 7 rings (SSSR count). The highest BCUT2D eigenvalue weighted by molar-refractivity contribution is 5.76. The largest absolute Gasteiger partial charge is 0.481 e. The lowest BCUT2D eigenvalue weighted by Crippen LogP contribution is -2.76. The van der Waals surface area contributed by atoms with Gasteiger partial charge in [0.25, 0.3) is 0 Å². The number of rotatable bonds is 2. The molecule has 4 saturated carbocycles. The summed E-state index contributed by atoms with van der Waals surface area (Å²) in [5.74, 6) is 0.407. The first kappa shape index (κ1) is 31.1. The second kappa shape index (κ2) is 9.53. The Morgan fingerprint density at radius 2 is 1.59 bits per heavy atom.